The van der Waals surface area contributed by atoms with E-state index in [0.29, 0.717) is 18.2 Å². The van der Waals surface area contributed by atoms with Crippen LogP contribution in [0.1, 0.15) is 16.6 Å². The van der Waals surface area contributed by atoms with E-state index in [2.05, 4.69) is 26.3 Å². The third kappa shape index (κ3) is 3.20. The van der Waals surface area contributed by atoms with Crippen LogP contribution in [-0.2, 0) is 11.3 Å². The van der Waals surface area contributed by atoms with Crippen molar-refractivity contribution in [1.82, 2.24) is 15.1 Å². The van der Waals surface area contributed by atoms with E-state index in [1.54, 1.807) is 24.6 Å². The van der Waals surface area contributed by atoms with E-state index in [1.807, 2.05) is 23.2 Å². The number of nitrogens with one attached hydrogen (secondary N) is 1. The molecule has 104 valence electrons. The van der Waals surface area contributed by atoms with Crippen molar-refractivity contribution in [3.05, 3.63) is 37.7 Å². The van der Waals surface area contributed by atoms with Crippen molar-refractivity contribution < 1.29 is 4.74 Å². The number of rotatable bonds is 6. The molecule has 0 aliphatic carbocycles. The zero-order valence-electron chi connectivity index (χ0n) is 10.7. The monoisotopic (exact) mass is 363 g/mol. The van der Waals surface area contributed by atoms with Crippen LogP contribution in [0.5, 0.6) is 0 Å². The molecule has 0 aliphatic rings. The lowest BCUT2D eigenvalue weighted by molar-refractivity contribution is 0.182. The molecule has 0 spiro atoms. The van der Waals surface area contributed by atoms with Crippen LogP contribution in [0.3, 0.4) is 0 Å². The Hall–Kier alpha value is -0.400. The molecule has 0 saturated carbocycles. The minimum Gasteiger partial charge on any atom is -0.383 e. The molecule has 0 amide bonds. The van der Waals surface area contributed by atoms with Gasteiger partial charge in [0, 0.05) is 16.5 Å². The Kier molecular flexibility index (Phi) is 5.41. The standard InChI is InChI=1S/C12H15BrClN3OS/c1-15-10(12-8(13)3-6-19-12)11-9(14)7-16-17(11)4-5-18-2/h3,6-7,10,15H,4-5H2,1-2H3. The van der Waals surface area contributed by atoms with Gasteiger partial charge in [0.1, 0.15) is 0 Å². The number of ether oxygens (including phenoxy) is 1. The molecule has 0 radical (unpaired) electrons. The smallest absolute Gasteiger partial charge is 0.0866 e. The van der Waals surface area contributed by atoms with Gasteiger partial charge in [0.15, 0.2) is 0 Å². The molecule has 0 saturated heterocycles. The van der Waals surface area contributed by atoms with Gasteiger partial charge in [-0.1, -0.05) is 11.6 Å². The highest BCUT2D eigenvalue weighted by molar-refractivity contribution is 9.10. The van der Waals surface area contributed by atoms with Crippen molar-refractivity contribution >= 4 is 38.9 Å². The first kappa shape index (κ1) is 15.0. The van der Waals surface area contributed by atoms with Crippen LogP contribution >= 0.6 is 38.9 Å². The summed E-state index contributed by atoms with van der Waals surface area (Å²) in [5.74, 6) is 0. The normalized spacial score (nSPS) is 12.8. The van der Waals surface area contributed by atoms with Gasteiger partial charge < -0.3 is 10.1 Å². The molecular formula is C12H15BrClN3OS. The predicted molar refractivity (Wildman–Crippen MR) is 82.0 cm³/mol. The molecule has 0 aliphatic heterocycles. The summed E-state index contributed by atoms with van der Waals surface area (Å²) in [6, 6.07) is 2.05. The van der Waals surface area contributed by atoms with Gasteiger partial charge in [-0.25, -0.2) is 0 Å². The highest BCUT2D eigenvalue weighted by atomic mass is 79.9. The molecule has 2 rings (SSSR count). The minimum atomic E-state index is 0.0150. The summed E-state index contributed by atoms with van der Waals surface area (Å²) in [7, 11) is 3.59. The maximum Gasteiger partial charge on any atom is 0.0866 e. The Bertz CT molecular complexity index is 543. The first-order valence-electron chi connectivity index (χ1n) is 5.79. The second-order valence-electron chi connectivity index (χ2n) is 3.95. The van der Waals surface area contributed by atoms with Crippen LogP contribution in [0, 0.1) is 0 Å². The number of halogens is 2. The highest BCUT2D eigenvalue weighted by Crippen LogP contribution is 2.35. The van der Waals surface area contributed by atoms with Crippen molar-refractivity contribution in [3.8, 4) is 0 Å². The van der Waals surface area contributed by atoms with Gasteiger partial charge in [-0.3, -0.25) is 4.68 Å². The Labute approximate surface area is 129 Å². The first-order chi connectivity index (χ1) is 9.19. The summed E-state index contributed by atoms with van der Waals surface area (Å²) in [5.41, 5.74) is 0.962. The van der Waals surface area contributed by atoms with Crippen LogP contribution in [0.25, 0.3) is 0 Å². The van der Waals surface area contributed by atoms with Gasteiger partial charge in [-0.05, 0) is 34.4 Å². The number of aromatic nitrogens is 2. The zero-order chi connectivity index (χ0) is 13.8. The number of hydrogen-bond acceptors (Lipinski definition) is 4. The maximum absolute atomic E-state index is 6.29. The number of nitrogens with zero attached hydrogens (tertiary/aromatic N) is 2. The Morgan fingerprint density at radius 2 is 2.42 bits per heavy atom. The fourth-order valence-corrected chi connectivity index (χ4v) is 3.88. The van der Waals surface area contributed by atoms with Crippen LogP contribution in [-0.4, -0.2) is 30.5 Å². The third-order valence-corrected chi connectivity index (χ3v) is 5.04. The lowest BCUT2D eigenvalue weighted by Crippen LogP contribution is -2.22. The second-order valence-corrected chi connectivity index (χ2v) is 6.16. The van der Waals surface area contributed by atoms with Crippen molar-refractivity contribution in [2.24, 2.45) is 0 Å². The summed E-state index contributed by atoms with van der Waals surface area (Å²) < 4.78 is 8.07. The zero-order valence-corrected chi connectivity index (χ0v) is 13.8. The van der Waals surface area contributed by atoms with E-state index >= 15 is 0 Å². The lowest BCUT2D eigenvalue weighted by Gasteiger charge is -2.18. The van der Waals surface area contributed by atoms with E-state index in [-0.39, 0.29) is 6.04 Å². The molecule has 4 nitrogen and oxygen atoms in total. The van der Waals surface area contributed by atoms with E-state index in [0.717, 1.165) is 10.2 Å². The summed E-state index contributed by atoms with van der Waals surface area (Å²) in [5, 5.41) is 10.3. The van der Waals surface area contributed by atoms with Gasteiger partial charge in [-0.15, -0.1) is 11.3 Å². The second kappa shape index (κ2) is 6.85. The van der Waals surface area contributed by atoms with Crippen LogP contribution in [0.2, 0.25) is 5.02 Å². The predicted octanol–water partition coefficient (Wildman–Crippen LogP) is 3.32. The highest BCUT2D eigenvalue weighted by Gasteiger charge is 2.23. The maximum atomic E-state index is 6.29. The summed E-state index contributed by atoms with van der Waals surface area (Å²) in [4.78, 5) is 1.18. The molecule has 2 aromatic heterocycles. The van der Waals surface area contributed by atoms with E-state index in [1.165, 1.54) is 4.88 Å². The van der Waals surface area contributed by atoms with Crippen molar-refractivity contribution in [2.45, 2.75) is 12.6 Å². The number of thiophene rings is 1. The molecule has 0 bridgehead atoms. The summed E-state index contributed by atoms with van der Waals surface area (Å²) in [6.45, 7) is 1.28. The molecule has 1 atom stereocenters. The van der Waals surface area contributed by atoms with Crippen LogP contribution < -0.4 is 5.32 Å². The molecule has 1 unspecified atom stereocenters. The minimum absolute atomic E-state index is 0.0150. The molecule has 0 fully saturated rings. The Balaban J connectivity index is 2.38. The first-order valence-corrected chi connectivity index (χ1v) is 7.84. The molecule has 2 aromatic rings. The average molecular weight is 365 g/mol. The number of hydrogen-bond donors (Lipinski definition) is 1. The fourth-order valence-electron chi connectivity index (χ4n) is 1.92. The fraction of sp³-hybridized carbons (Fsp3) is 0.417. The quantitative estimate of drug-likeness (QED) is 0.854. The van der Waals surface area contributed by atoms with Crippen LogP contribution in [0.15, 0.2) is 22.1 Å². The third-order valence-electron chi connectivity index (χ3n) is 2.81. The van der Waals surface area contributed by atoms with Gasteiger partial charge in [0.25, 0.3) is 0 Å². The summed E-state index contributed by atoms with van der Waals surface area (Å²) in [6.07, 6.45) is 1.68. The molecule has 19 heavy (non-hydrogen) atoms. The Morgan fingerprint density at radius 3 is 3.00 bits per heavy atom. The molecule has 2 heterocycles. The number of methoxy groups -OCH3 is 1. The van der Waals surface area contributed by atoms with E-state index in [9.17, 15) is 0 Å². The van der Waals surface area contributed by atoms with Crippen LogP contribution in [0.4, 0.5) is 0 Å². The lowest BCUT2D eigenvalue weighted by atomic mass is 10.1. The largest absolute Gasteiger partial charge is 0.383 e. The van der Waals surface area contributed by atoms with Gasteiger partial charge in [-0.2, -0.15) is 5.10 Å². The van der Waals surface area contributed by atoms with Gasteiger partial charge >= 0.3 is 0 Å². The van der Waals surface area contributed by atoms with Crippen molar-refractivity contribution in [1.29, 1.82) is 0 Å². The van der Waals surface area contributed by atoms with Crippen molar-refractivity contribution in [3.63, 3.8) is 0 Å². The molecule has 1 N–H and O–H groups in total. The molecule has 0 aromatic carbocycles. The molecule has 7 heteroatoms. The van der Waals surface area contributed by atoms with Gasteiger partial charge in [0.2, 0.25) is 0 Å². The van der Waals surface area contributed by atoms with E-state index < -0.39 is 0 Å². The summed E-state index contributed by atoms with van der Waals surface area (Å²) >= 11 is 11.5. The van der Waals surface area contributed by atoms with E-state index in [4.69, 9.17) is 16.3 Å². The van der Waals surface area contributed by atoms with Crippen molar-refractivity contribution in [2.75, 3.05) is 20.8 Å². The average Bonchev–Trinajstić information content (AvgIpc) is 2.97. The van der Waals surface area contributed by atoms with Gasteiger partial charge in [0.05, 0.1) is 36.1 Å². The Morgan fingerprint density at radius 1 is 1.63 bits per heavy atom. The SMILES string of the molecule is CNC(c1sccc1Br)c1c(Cl)cnn1CCOC. The molecular weight excluding hydrogens is 350 g/mol. The topological polar surface area (TPSA) is 39.1 Å².